The molecule has 0 N–H and O–H groups in total. The van der Waals surface area contributed by atoms with Crippen molar-refractivity contribution in [2.75, 3.05) is 0 Å². The molecule has 0 atom stereocenters. The lowest BCUT2D eigenvalue weighted by molar-refractivity contribution is 1.27. The SMILES string of the molecule is Cc1cccc(C)c1C.Cc1cccc(C)c1C. The zero-order valence-electron chi connectivity index (χ0n) is 12.5. The van der Waals surface area contributed by atoms with E-state index >= 15 is 0 Å². The Kier molecular flexibility index (Phi) is 5.15. The predicted octanol–water partition coefficient (Wildman–Crippen LogP) is 5.22. The van der Waals surface area contributed by atoms with Gasteiger partial charge in [-0.3, -0.25) is 0 Å². The van der Waals surface area contributed by atoms with Gasteiger partial charge in [-0.2, -0.15) is 0 Å². The molecule has 0 amide bonds. The summed E-state index contributed by atoms with van der Waals surface area (Å²) in [6, 6.07) is 12.8. The molecule has 96 valence electrons. The van der Waals surface area contributed by atoms with Crippen molar-refractivity contribution in [3.63, 3.8) is 0 Å². The Balaban J connectivity index is 0.000000180. The van der Waals surface area contributed by atoms with Gasteiger partial charge in [0.25, 0.3) is 0 Å². The van der Waals surface area contributed by atoms with E-state index in [4.69, 9.17) is 0 Å². The van der Waals surface area contributed by atoms with Crippen LogP contribution in [0.4, 0.5) is 0 Å². The standard InChI is InChI=1S/2C9H12/c2*1-7-5-4-6-8(2)9(7)3/h2*4-6H,1-3H3. The summed E-state index contributed by atoms with van der Waals surface area (Å²) in [5.41, 5.74) is 8.37. The number of hydrogen-bond acceptors (Lipinski definition) is 0. The van der Waals surface area contributed by atoms with Gasteiger partial charge < -0.3 is 0 Å². The van der Waals surface area contributed by atoms with Crippen LogP contribution in [0.15, 0.2) is 36.4 Å². The fourth-order valence-corrected chi connectivity index (χ4v) is 1.80. The molecule has 2 aromatic rings. The van der Waals surface area contributed by atoms with Crippen molar-refractivity contribution < 1.29 is 0 Å². The topological polar surface area (TPSA) is 0 Å². The number of rotatable bonds is 0. The normalized spacial score (nSPS) is 9.67. The van der Waals surface area contributed by atoms with Crippen LogP contribution in [0.3, 0.4) is 0 Å². The molecule has 0 radical (unpaired) electrons. The third-order valence-corrected chi connectivity index (χ3v) is 3.75. The molecule has 0 saturated heterocycles. The quantitative estimate of drug-likeness (QED) is 0.592. The van der Waals surface area contributed by atoms with Gasteiger partial charge >= 0.3 is 0 Å². The minimum Gasteiger partial charge on any atom is -0.0617 e. The fraction of sp³-hybridized carbons (Fsp3) is 0.333. The number of benzene rings is 2. The molecule has 0 aliphatic rings. The lowest BCUT2D eigenvalue weighted by Gasteiger charge is -2.00. The zero-order valence-corrected chi connectivity index (χ0v) is 12.5. The first-order valence-corrected chi connectivity index (χ1v) is 6.49. The molecule has 0 unspecified atom stereocenters. The van der Waals surface area contributed by atoms with Crippen molar-refractivity contribution in [1.29, 1.82) is 0 Å². The average molecular weight is 240 g/mol. The molecule has 2 aromatic carbocycles. The first kappa shape index (κ1) is 14.5. The average Bonchev–Trinajstić information content (AvgIpc) is 2.34. The highest BCUT2D eigenvalue weighted by atomic mass is 14.0. The van der Waals surface area contributed by atoms with Crippen molar-refractivity contribution >= 4 is 0 Å². The van der Waals surface area contributed by atoms with Crippen molar-refractivity contribution in [3.8, 4) is 0 Å². The van der Waals surface area contributed by atoms with E-state index < -0.39 is 0 Å². The first-order valence-electron chi connectivity index (χ1n) is 6.49. The third-order valence-electron chi connectivity index (χ3n) is 3.75. The summed E-state index contributed by atoms with van der Waals surface area (Å²) in [6.07, 6.45) is 0. The molecule has 0 aliphatic carbocycles. The van der Waals surface area contributed by atoms with Crippen LogP contribution in [0.5, 0.6) is 0 Å². The number of aryl methyl sites for hydroxylation is 4. The van der Waals surface area contributed by atoms with E-state index in [2.05, 4.69) is 77.9 Å². The lowest BCUT2D eigenvalue weighted by atomic mass is 10.1. The molecule has 0 bridgehead atoms. The highest BCUT2D eigenvalue weighted by molar-refractivity contribution is 5.32. The van der Waals surface area contributed by atoms with Gasteiger partial charge in [0, 0.05) is 0 Å². The Labute approximate surface area is 112 Å². The maximum atomic E-state index is 2.16. The minimum absolute atomic E-state index is 1.38. The van der Waals surface area contributed by atoms with Crippen LogP contribution in [0.25, 0.3) is 0 Å². The molecule has 0 spiro atoms. The van der Waals surface area contributed by atoms with E-state index in [1.807, 2.05) is 0 Å². The van der Waals surface area contributed by atoms with Crippen LogP contribution in [0.2, 0.25) is 0 Å². The lowest BCUT2D eigenvalue weighted by Crippen LogP contribution is -1.82. The minimum atomic E-state index is 1.38. The smallest absolute Gasteiger partial charge is 0.0392 e. The third kappa shape index (κ3) is 3.73. The van der Waals surface area contributed by atoms with Crippen molar-refractivity contribution in [2.45, 2.75) is 41.5 Å². The van der Waals surface area contributed by atoms with Crippen LogP contribution in [-0.4, -0.2) is 0 Å². The van der Waals surface area contributed by atoms with Crippen molar-refractivity contribution in [1.82, 2.24) is 0 Å². The number of hydrogen-bond donors (Lipinski definition) is 0. The molecular weight excluding hydrogens is 216 g/mol. The fourth-order valence-electron chi connectivity index (χ4n) is 1.80. The van der Waals surface area contributed by atoms with E-state index in [9.17, 15) is 0 Å². The molecule has 0 saturated carbocycles. The van der Waals surface area contributed by atoms with Gasteiger partial charge in [-0.25, -0.2) is 0 Å². The van der Waals surface area contributed by atoms with Gasteiger partial charge in [0.1, 0.15) is 0 Å². The maximum Gasteiger partial charge on any atom is -0.0392 e. The molecule has 0 aliphatic heterocycles. The van der Waals surface area contributed by atoms with Crippen molar-refractivity contribution in [2.24, 2.45) is 0 Å². The Morgan fingerprint density at radius 2 is 0.667 bits per heavy atom. The molecule has 0 aromatic heterocycles. The first-order chi connectivity index (χ1) is 8.43. The van der Waals surface area contributed by atoms with Crippen molar-refractivity contribution in [3.05, 3.63) is 69.8 Å². The Bertz CT molecular complexity index is 432. The Morgan fingerprint density at radius 3 is 0.833 bits per heavy atom. The summed E-state index contributed by atoms with van der Waals surface area (Å²) >= 11 is 0. The van der Waals surface area contributed by atoms with Crippen LogP contribution >= 0.6 is 0 Å². The molecule has 18 heavy (non-hydrogen) atoms. The van der Waals surface area contributed by atoms with Crippen LogP contribution in [0, 0.1) is 41.5 Å². The van der Waals surface area contributed by atoms with Crippen LogP contribution in [0.1, 0.15) is 33.4 Å². The molecule has 0 fully saturated rings. The van der Waals surface area contributed by atoms with Gasteiger partial charge in [0.15, 0.2) is 0 Å². The molecule has 0 nitrogen and oxygen atoms in total. The largest absolute Gasteiger partial charge is 0.0617 e. The van der Waals surface area contributed by atoms with E-state index in [1.165, 1.54) is 33.4 Å². The predicted molar refractivity (Wildman–Crippen MR) is 81.3 cm³/mol. The Morgan fingerprint density at radius 1 is 0.444 bits per heavy atom. The van der Waals surface area contributed by atoms with Gasteiger partial charge in [0.05, 0.1) is 0 Å². The van der Waals surface area contributed by atoms with E-state index in [0.29, 0.717) is 0 Å². The summed E-state index contributed by atoms with van der Waals surface area (Å²) in [5, 5.41) is 0. The van der Waals surface area contributed by atoms with Gasteiger partial charge in [-0.15, -0.1) is 0 Å². The highest BCUT2D eigenvalue weighted by Gasteiger charge is 1.92. The second-order valence-electron chi connectivity index (χ2n) is 5.03. The van der Waals surface area contributed by atoms with Gasteiger partial charge in [-0.05, 0) is 74.9 Å². The Hall–Kier alpha value is -1.56. The molecule has 0 heterocycles. The van der Waals surface area contributed by atoms with Crippen LogP contribution in [-0.2, 0) is 0 Å². The molecular formula is C18H24. The summed E-state index contributed by atoms with van der Waals surface area (Å²) in [6.45, 7) is 12.9. The summed E-state index contributed by atoms with van der Waals surface area (Å²) in [4.78, 5) is 0. The summed E-state index contributed by atoms with van der Waals surface area (Å²) in [5.74, 6) is 0. The van der Waals surface area contributed by atoms with Gasteiger partial charge in [0.2, 0.25) is 0 Å². The summed E-state index contributed by atoms with van der Waals surface area (Å²) < 4.78 is 0. The van der Waals surface area contributed by atoms with E-state index in [0.717, 1.165) is 0 Å². The van der Waals surface area contributed by atoms with Gasteiger partial charge in [-0.1, -0.05) is 36.4 Å². The molecule has 2 rings (SSSR count). The highest BCUT2D eigenvalue weighted by Crippen LogP contribution is 2.10. The summed E-state index contributed by atoms with van der Waals surface area (Å²) in [7, 11) is 0. The maximum absolute atomic E-state index is 2.16. The monoisotopic (exact) mass is 240 g/mol. The van der Waals surface area contributed by atoms with E-state index in [-0.39, 0.29) is 0 Å². The van der Waals surface area contributed by atoms with E-state index in [1.54, 1.807) is 0 Å². The second-order valence-corrected chi connectivity index (χ2v) is 5.03. The second kappa shape index (κ2) is 6.39. The van der Waals surface area contributed by atoms with Crippen LogP contribution < -0.4 is 0 Å². The molecule has 0 heteroatoms. The zero-order chi connectivity index (χ0) is 13.7.